The molecule has 0 spiro atoms. The van der Waals surface area contributed by atoms with Gasteiger partial charge >= 0.3 is 0 Å². The Kier molecular flexibility index (Phi) is 5.41. The second-order valence-electron chi connectivity index (χ2n) is 6.13. The molecule has 1 amide bonds. The van der Waals surface area contributed by atoms with Crippen LogP contribution in [0.4, 0.5) is 8.78 Å². The predicted molar refractivity (Wildman–Crippen MR) is 103 cm³/mol. The van der Waals surface area contributed by atoms with E-state index in [0.717, 1.165) is 16.6 Å². The van der Waals surface area contributed by atoms with Gasteiger partial charge in [-0.3, -0.25) is 4.79 Å². The zero-order chi connectivity index (χ0) is 19.7. The van der Waals surface area contributed by atoms with Gasteiger partial charge in [0, 0.05) is 34.2 Å². The Morgan fingerprint density at radius 3 is 2.33 bits per heavy atom. The lowest BCUT2D eigenvalue weighted by atomic mass is 10.0. The highest BCUT2D eigenvalue weighted by atomic mass is 79.9. The van der Waals surface area contributed by atoms with Gasteiger partial charge in [0.15, 0.2) is 11.6 Å². The lowest BCUT2D eigenvalue weighted by Gasteiger charge is -2.26. The monoisotopic (exact) mass is 434 g/mol. The average molecular weight is 435 g/mol. The lowest BCUT2D eigenvalue weighted by Crippen LogP contribution is -2.29. The molecule has 3 rings (SSSR count). The van der Waals surface area contributed by atoms with Crippen molar-refractivity contribution >= 4 is 32.6 Å². The van der Waals surface area contributed by atoms with Gasteiger partial charge < -0.3 is 9.64 Å². The zero-order valence-corrected chi connectivity index (χ0v) is 16.5. The average Bonchev–Trinajstić information content (AvgIpc) is 2.67. The molecule has 2 aromatic carbocycles. The summed E-state index contributed by atoms with van der Waals surface area (Å²) in [5.74, 6) is -1.94. The maximum Gasteiger partial charge on any atom is 0.254 e. The van der Waals surface area contributed by atoms with E-state index in [0.29, 0.717) is 21.9 Å². The first-order valence-corrected chi connectivity index (χ1v) is 8.97. The fraction of sp³-hybridized carbons (Fsp3) is 0.200. The minimum Gasteiger partial charge on any atom is -0.481 e. The molecule has 140 valence electrons. The van der Waals surface area contributed by atoms with Crippen LogP contribution in [-0.4, -0.2) is 29.9 Å². The van der Waals surface area contributed by atoms with Crippen LogP contribution in [0.25, 0.3) is 10.8 Å². The van der Waals surface area contributed by atoms with Crippen molar-refractivity contribution in [3.05, 3.63) is 69.8 Å². The molecular formula is C20H17BrF2N2O2. The van der Waals surface area contributed by atoms with Crippen molar-refractivity contribution < 1.29 is 18.3 Å². The molecule has 0 fully saturated rings. The number of halogens is 3. The number of carbonyl (C=O) groups is 1. The number of benzene rings is 2. The molecule has 0 unspecified atom stereocenters. The van der Waals surface area contributed by atoms with E-state index >= 15 is 0 Å². The highest BCUT2D eigenvalue weighted by Crippen LogP contribution is 2.33. The number of pyridine rings is 1. The fourth-order valence-electron chi connectivity index (χ4n) is 2.91. The van der Waals surface area contributed by atoms with Crippen molar-refractivity contribution in [3.8, 4) is 5.88 Å². The van der Waals surface area contributed by atoms with Crippen molar-refractivity contribution in [2.24, 2.45) is 0 Å². The first kappa shape index (κ1) is 19.2. The topological polar surface area (TPSA) is 42.4 Å². The molecule has 0 aliphatic heterocycles. The van der Waals surface area contributed by atoms with Crippen LogP contribution in [0.2, 0.25) is 0 Å². The Balaban J connectivity index is 2.04. The molecule has 0 saturated carbocycles. The summed E-state index contributed by atoms with van der Waals surface area (Å²) in [6.07, 6.45) is 1.52. The number of ether oxygens (including phenoxy) is 1. The zero-order valence-electron chi connectivity index (χ0n) is 15.0. The molecule has 0 aliphatic rings. The smallest absolute Gasteiger partial charge is 0.254 e. The normalized spacial score (nSPS) is 12.1. The van der Waals surface area contributed by atoms with E-state index in [9.17, 15) is 13.6 Å². The Labute approximate surface area is 163 Å². The van der Waals surface area contributed by atoms with Crippen LogP contribution in [0.1, 0.15) is 28.9 Å². The first-order valence-electron chi connectivity index (χ1n) is 8.18. The molecule has 1 atom stereocenters. The molecule has 0 saturated heterocycles. The van der Waals surface area contributed by atoms with E-state index in [1.54, 1.807) is 38.2 Å². The van der Waals surface area contributed by atoms with E-state index in [4.69, 9.17) is 4.74 Å². The number of nitrogens with zero attached hydrogens (tertiary/aromatic N) is 2. The van der Waals surface area contributed by atoms with Gasteiger partial charge in [0.1, 0.15) is 0 Å². The molecule has 0 N–H and O–H groups in total. The minimum atomic E-state index is -0.980. The van der Waals surface area contributed by atoms with Crippen LogP contribution in [-0.2, 0) is 0 Å². The number of methoxy groups -OCH3 is 1. The number of hydrogen-bond donors (Lipinski definition) is 0. The van der Waals surface area contributed by atoms with Crippen molar-refractivity contribution in [1.82, 2.24) is 9.88 Å². The summed E-state index contributed by atoms with van der Waals surface area (Å²) < 4.78 is 33.6. The lowest BCUT2D eigenvalue weighted by molar-refractivity contribution is 0.0743. The van der Waals surface area contributed by atoms with E-state index < -0.39 is 17.7 Å². The second-order valence-corrected chi connectivity index (χ2v) is 7.05. The van der Waals surface area contributed by atoms with Gasteiger partial charge in [-0.05, 0) is 48.7 Å². The molecular weight excluding hydrogens is 418 g/mol. The molecule has 1 aromatic heterocycles. The second kappa shape index (κ2) is 7.60. The number of amides is 1. The third-order valence-electron chi connectivity index (χ3n) is 4.56. The summed E-state index contributed by atoms with van der Waals surface area (Å²) in [6.45, 7) is 1.81. The van der Waals surface area contributed by atoms with Gasteiger partial charge in [0.25, 0.3) is 5.91 Å². The van der Waals surface area contributed by atoms with Crippen molar-refractivity contribution in [3.63, 3.8) is 0 Å². The third kappa shape index (κ3) is 3.64. The van der Waals surface area contributed by atoms with Crippen LogP contribution in [0, 0.1) is 11.6 Å². The molecule has 3 aromatic rings. The van der Waals surface area contributed by atoms with Crippen LogP contribution >= 0.6 is 15.9 Å². The van der Waals surface area contributed by atoms with E-state index in [-0.39, 0.29) is 11.8 Å². The van der Waals surface area contributed by atoms with Crippen molar-refractivity contribution in [2.45, 2.75) is 13.0 Å². The maximum absolute atomic E-state index is 13.9. The van der Waals surface area contributed by atoms with E-state index in [2.05, 4.69) is 20.9 Å². The van der Waals surface area contributed by atoms with Gasteiger partial charge in [0.05, 0.1) is 13.2 Å². The molecule has 0 radical (unpaired) electrons. The number of aromatic nitrogens is 1. The SMILES string of the molecule is COc1ncc([C@@H](C)N(C)C(=O)c2ccc(Br)cc2)c2cc(F)c(F)cc12. The summed E-state index contributed by atoms with van der Waals surface area (Å²) in [5.41, 5.74) is 1.12. The van der Waals surface area contributed by atoms with E-state index in [1.807, 2.05) is 0 Å². The highest BCUT2D eigenvalue weighted by Gasteiger charge is 2.23. The molecule has 0 bridgehead atoms. The fourth-order valence-corrected chi connectivity index (χ4v) is 3.17. The van der Waals surface area contributed by atoms with Gasteiger partial charge in [-0.2, -0.15) is 0 Å². The quantitative estimate of drug-likeness (QED) is 0.572. The number of hydrogen-bond acceptors (Lipinski definition) is 3. The Hall–Kier alpha value is -2.54. The summed E-state index contributed by atoms with van der Waals surface area (Å²) in [7, 11) is 3.07. The van der Waals surface area contributed by atoms with Crippen LogP contribution in [0.3, 0.4) is 0 Å². The summed E-state index contributed by atoms with van der Waals surface area (Å²) in [6, 6.07) is 8.75. The molecule has 4 nitrogen and oxygen atoms in total. The largest absolute Gasteiger partial charge is 0.481 e. The van der Waals surface area contributed by atoms with Gasteiger partial charge in [0.2, 0.25) is 5.88 Å². The molecule has 7 heteroatoms. The molecule has 0 aliphatic carbocycles. The number of carbonyl (C=O) groups excluding carboxylic acids is 1. The minimum absolute atomic E-state index is 0.193. The first-order chi connectivity index (χ1) is 12.8. The third-order valence-corrected chi connectivity index (χ3v) is 5.09. The number of fused-ring (bicyclic) bond motifs is 1. The van der Waals surface area contributed by atoms with Crippen LogP contribution < -0.4 is 4.74 Å². The van der Waals surface area contributed by atoms with Gasteiger partial charge in [-0.15, -0.1) is 0 Å². The van der Waals surface area contributed by atoms with Crippen molar-refractivity contribution in [1.29, 1.82) is 0 Å². The Morgan fingerprint density at radius 1 is 1.15 bits per heavy atom. The highest BCUT2D eigenvalue weighted by molar-refractivity contribution is 9.10. The van der Waals surface area contributed by atoms with E-state index in [1.165, 1.54) is 18.2 Å². The molecule has 1 heterocycles. The van der Waals surface area contributed by atoms with Crippen LogP contribution in [0.5, 0.6) is 5.88 Å². The standard InChI is InChI=1S/C20H17BrF2N2O2/c1-11(25(2)20(26)12-4-6-13(21)7-5-12)16-10-24-19(27-3)15-9-18(23)17(22)8-14(15)16/h4-11H,1-3H3/t11-/m1/s1. The Bertz CT molecular complexity index is 1010. The number of rotatable bonds is 4. The maximum atomic E-state index is 13.9. The van der Waals surface area contributed by atoms with Crippen LogP contribution in [0.15, 0.2) is 47.1 Å². The van der Waals surface area contributed by atoms with Gasteiger partial charge in [-0.1, -0.05) is 15.9 Å². The Morgan fingerprint density at radius 2 is 1.74 bits per heavy atom. The summed E-state index contributed by atoms with van der Waals surface area (Å²) in [5, 5.41) is 0.800. The molecule has 27 heavy (non-hydrogen) atoms. The summed E-state index contributed by atoms with van der Waals surface area (Å²) in [4.78, 5) is 18.5. The predicted octanol–water partition coefficient (Wildman–Crippen LogP) is 5.12. The van der Waals surface area contributed by atoms with Crippen molar-refractivity contribution in [2.75, 3.05) is 14.2 Å². The summed E-state index contributed by atoms with van der Waals surface area (Å²) >= 11 is 3.34. The van der Waals surface area contributed by atoms with Gasteiger partial charge in [-0.25, -0.2) is 13.8 Å².